The van der Waals surface area contributed by atoms with Gasteiger partial charge in [0.25, 0.3) is 0 Å². The highest BCUT2D eigenvalue weighted by Gasteiger charge is 2.05. The number of nitrogens with one attached hydrogen (secondary N) is 1. The molecule has 0 saturated heterocycles. The van der Waals surface area contributed by atoms with E-state index < -0.39 is 0 Å². The molecule has 0 unspecified atom stereocenters. The highest BCUT2D eigenvalue weighted by molar-refractivity contribution is 5.75. The van der Waals surface area contributed by atoms with Crippen LogP contribution in [-0.4, -0.2) is 48.2 Å². The van der Waals surface area contributed by atoms with Crippen molar-refractivity contribution in [2.45, 2.75) is 19.9 Å². The van der Waals surface area contributed by atoms with Gasteiger partial charge in [-0.15, -0.1) is 0 Å². The lowest BCUT2D eigenvalue weighted by Gasteiger charge is -2.11. The second-order valence-electron chi connectivity index (χ2n) is 5.21. The molecule has 0 saturated carbocycles. The van der Waals surface area contributed by atoms with E-state index in [4.69, 9.17) is 0 Å². The number of imidazole rings is 1. The lowest BCUT2D eigenvalue weighted by molar-refractivity contribution is 0.393. The summed E-state index contributed by atoms with van der Waals surface area (Å²) in [4.78, 5) is 6.80. The number of aromatic nitrogens is 2. The molecule has 1 aromatic carbocycles. The average Bonchev–Trinajstić information content (AvgIpc) is 2.69. The molecule has 0 fully saturated rings. The summed E-state index contributed by atoms with van der Waals surface area (Å²) in [6.45, 7) is 6.26. The van der Waals surface area contributed by atoms with Crippen molar-refractivity contribution in [3.8, 4) is 0 Å². The van der Waals surface area contributed by atoms with Gasteiger partial charge in [0.2, 0.25) is 0 Å². The van der Waals surface area contributed by atoms with Gasteiger partial charge in [0.05, 0.1) is 11.0 Å². The van der Waals surface area contributed by atoms with Crippen LogP contribution in [0.4, 0.5) is 0 Å². The van der Waals surface area contributed by atoms with Crippen LogP contribution in [0.1, 0.15) is 12.2 Å². The number of hydrogen-bond donors (Lipinski definition) is 1. The summed E-state index contributed by atoms with van der Waals surface area (Å²) in [5.41, 5.74) is 2.32. The molecule has 0 spiro atoms. The molecular weight excluding hydrogens is 236 g/mol. The fourth-order valence-corrected chi connectivity index (χ4v) is 2.31. The zero-order chi connectivity index (χ0) is 13.7. The van der Waals surface area contributed by atoms with E-state index in [2.05, 4.69) is 59.0 Å². The van der Waals surface area contributed by atoms with Crippen molar-refractivity contribution in [2.24, 2.45) is 0 Å². The van der Waals surface area contributed by atoms with Crippen molar-refractivity contribution < 1.29 is 0 Å². The molecule has 0 bridgehead atoms. The van der Waals surface area contributed by atoms with Crippen LogP contribution in [0.3, 0.4) is 0 Å². The summed E-state index contributed by atoms with van der Waals surface area (Å²) >= 11 is 0. The molecule has 4 heteroatoms. The number of hydrogen-bond acceptors (Lipinski definition) is 3. The minimum Gasteiger partial charge on any atom is -0.327 e. The van der Waals surface area contributed by atoms with Crippen molar-refractivity contribution in [3.05, 3.63) is 30.1 Å². The number of para-hydroxylation sites is 2. The monoisotopic (exact) mass is 260 g/mol. The SMILES string of the molecule is Cc1nc2ccccc2n1CCNCCCN(C)C. The summed E-state index contributed by atoms with van der Waals surface area (Å²) in [5, 5.41) is 3.50. The maximum atomic E-state index is 4.58. The summed E-state index contributed by atoms with van der Waals surface area (Å²) in [7, 11) is 4.22. The number of nitrogens with zero attached hydrogens (tertiary/aromatic N) is 3. The van der Waals surface area contributed by atoms with E-state index in [1.165, 1.54) is 11.9 Å². The Kier molecular flexibility index (Phi) is 4.93. The van der Waals surface area contributed by atoms with E-state index >= 15 is 0 Å². The first kappa shape index (κ1) is 14.0. The van der Waals surface area contributed by atoms with Gasteiger partial charge in [-0.05, 0) is 52.7 Å². The van der Waals surface area contributed by atoms with E-state index in [1.54, 1.807) is 0 Å². The predicted octanol–water partition coefficient (Wildman–Crippen LogP) is 1.89. The molecule has 1 heterocycles. The lowest BCUT2D eigenvalue weighted by Crippen LogP contribution is -2.24. The standard InChI is InChI=1S/C15H24N4/c1-13-17-14-7-4-5-8-15(14)19(13)12-10-16-9-6-11-18(2)3/h4-5,7-8,16H,6,9-12H2,1-3H3. The van der Waals surface area contributed by atoms with E-state index in [0.29, 0.717) is 0 Å². The van der Waals surface area contributed by atoms with E-state index in [-0.39, 0.29) is 0 Å². The van der Waals surface area contributed by atoms with Crippen molar-refractivity contribution in [3.63, 3.8) is 0 Å². The Morgan fingerprint density at radius 3 is 2.79 bits per heavy atom. The van der Waals surface area contributed by atoms with Crippen LogP contribution in [0.2, 0.25) is 0 Å². The third-order valence-corrected chi connectivity index (χ3v) is 3.32. The summed E-state index contributed by atoms with van der Waals surface area (Å²) in [5.74, 6) is 1.09. The summed E-state index contributed by atoms with van der Waals surface area (Å²) in [6.07, 6.45) is 1.19. The Balaban J connectivity index is 1.83. The molecule has 0 amide bonds. The third kappa shape index (κ3) is 3.78. The van der Waals surface area contributed by atoms with Gasteiger partial charge < -0.3 is 14.8 Å². The maximum Gasteiger partial charge on any atom is 0.106 e. The van der Waals surface area contributed by atoms with Crippen LogP contribution in [0.25, 0.3) is 11.0 Å². The molecule has 19 heavy (non-hydrogen) atoms. The molecule has 0 radical (unpaired) electrons. The first-order chi connectivity index (χ1) is 9.18. The highest BCUT2D eigenvalue weighted by Crippen LogP contribution is 2.14. The Hall–Kier alpha value is -1.39. The average molecular weight is 260 g/mol. The number of aryl methyl sites for hydroxylation is 1. The Morgan fingerprint density at radius 1 is 1.21 bits per heavy atom. The van der Waals surface area contributed by atoms with Gasteiger partial charge in [0.1, 0.15) is 5.82 Å². The van der Waals surface area contributed by atoms with Gasteiger partial charge in [0.15, 0.2) is 0 Å². The summed E-state index contributed by atoms with van der Waals surface area (Å²) in [6, 6.07) is 8.33. The smallest absolute Gasteiger partial charge is 0.106 e. The Labute approximate surface area is 115 Å². The molecule has 2 rings (SSSR count). The van der Waals surface area contributed by atoms with Crippen LogP contribution in [-0.2, 0) is 6.54 Å². The van der Waals surface area contributed by atoms with E-state index in [1.807, 2.05) is 6.07 Å². The second-order valence-corrected chi connectivity index (χ2v) is 5.21. The largest absolute Gasteiger partial charge is 0.327 e. The fourth-order valence-electron chi connectivity index (χ4n) is 2.31. The van der Waals surface area contributed by atoms with Crippen LogP contribution >= 0.6 is 0 Å². The van der Waals surface area contributed by atoms with Gasteiger partial charge >= 0.3 is 0 Å². The van der Waals surface area contributed by atoms with Crippen molar-refractivity contribution in [2.75, 3.05) is 33.7 Å². The third-order valence-electron chi connectivity index (χ3n) is 3.32. The number of rotatable bonds is 7. The van der Waals surface area contributed by atoms with Gasteiger partial charge in [-0.25, -0.2) is 4.98 Å². The first-order valence-corrected chi connectivity index (χ1v) is 6.96. The molecule has 1 aromatic heterocycles. The normalized spacial score (nSPS) is 11.6. The van der Waals surface area contributed by atoms with Crippen LogP contribution in [0.5, 0.6) is 0 Å². The number of fused-ring (bicyclic) bond motifs is 1. The van der Waals surface area contributed by atoms with Crippen LogP contribution < -0.4 is 5.32 Å². The summed E-state index contributed by atoms with van der Waals surface area (Å²) < 4.78 is 2.29. The molecule has 0 atom stereocenters. The van der Waals surface area contributed by atoms with Crippen molar-refractivity contribution >= 4 is 11.0 Å². The van der Waals surface area contributed by atoms with Gasteiger partial charge in [0, 0.05) is 13.1 Å². The Bertz CT molecular complexity index is 516. The molecular formula is C15H24N4. The first-order valence-electron chi connectivity index (χ1n) is 6.96. The van der Waals surface area contributed by atoms with Crippen molar-refractivity contribution in [1.29, 1.82) is 0 Å². The Morgan fingerprint density at radius 2 is 2.00 bits per heavy atom. The molecule has 104 valence electrons. The van der Waals surface area contributed by atoms with Gasteiger partial charge in [-0.1, -0.05) is 12.1 Å². The van der Waals surface area contributed by atoms with Crippen molar-refractivity contribution in [1.82, 2.24) is 19.8 Å². The predicted molar refractivity (Wildman–Crippen MR) is 80.5 cm³/mol. The quantitative estimate of drug-likeness (QED) is 0.772. The molecule has 0 aliphatic heterocycles. The lowest BCUT2D eigenvalue weighted by atomic mass is 10.3. The molecule has 2 aromatic rings. The highest BCUT2D eigenvalue weighted by atomic mass is 15.1. The maximum absolute atomic E-state index is 4.58. The van der Waals surface area contributed by atoms with E-state index in [9.17, 15) is 0 Å². The zero-order valence-corrected chi connectivity index (χ0v) is 12.2. The minimum atomic E-state index is 0.980. The van der Waals surface area contributed by atoms with E-state index in [0.717, 1.165) is 37.5 Å². The molecule has 0 aliphatic rings. The van der Waals surface area contributed by atoms with Crippen LogP contribution in [0.15, 0.2) is 24.3 Å². The molecule has 4 nitrogen and oxygen atoms in total. The molecule has 1 N–H and O–H groups in total. The van der Waals surface area contributed by atoms with Gasteiger partial charge in [-0.2, -0.15) is 0 Å². The second kappa shape index (κ2) is 6.68. The minimum absolute atomic E-state index is 0.980. The number of benzene rings is 1. The van der Waals surface area contributed by atoms with Crippen LogP contribution in [0, 0.1) is 6.92 Å². The fraction of sp³-hybridized carbons (Fsp3) is 0.533. The molecule has 0 aliphatic carbocycles. The zero-order valence-electron chi connectivity index (χ0n) is 12.2. The van der Waals surface area contributed by atoms with Gasteiger partial charge in [-0.3, -0.25) is 0 Å². The topological polar surface area (TPSA) is 33.1 Å².